The lowest BCUT2D eigenvalue weighted by Gasteiger charge is -2.39. The Labute approximate surface area is 366 Å². The fourth-order valence-electron chi connectivity index (χ4n) is 5.78. The van der Waals surface area contributed by atoms with E-state index in [1.807, 2.05) is 0 Å². The van der Waals surface area contributed by atoms with Gasteiger partial charge in [-0.05, 0) is 25.0 Å². The van der Waals surface area contributed by atoms with Gasteiger partial charge in [0.25, 0.3) is 0 Å². The zero-order valence-corrected chi connectivity index (χ0v) is 35.1. The molecule has 0 bridgehead atoms. The smallest absolute Gasteiger partial charge is 0.338 e. The summed E-state index contributed by atoms with van der Waals surface area (Å²) in [5.41, 5.74) is 0.101. The summed E-state index contributed by atoms with van der Waals surface area (Å²) >= 11 is 0. The number of esters is 1. The van der Waals surface area contributed by atoms with E-state index in [1.165, 1.54) is 25.3 Å². The fraction of sp³-hybridized carbons (Fsp3) is 0.711. The van der Waals surface area contributed by atoms with Crippen molar-refractivity contribution < 1.29 is 107 Å². The van der Waals surface area contributed by atoms with Crippen LogP contribution >= 0.6 is 0 Å². The minimum Gasteiger partial charge on any atom is -0.492 e. The van der Waals surface area contributed by atoms with Crippen LogP contribution < -0.4 is 30.7 Å². The van der Waals surface area contributed by atoms with E-state index in [4.69, 9.17) is 42.6 Å². The predicted octanol–water partition coefficient (Wildman–Crippen LogP) is -6.86. The SMILES string of the molecule is COC(=O)c1cc(OCCNC(=O)COCC(=O)NCCCO[C@H]2O[C@H](CO)[C@@H](O)[C@H](O)[C@@H]2O)cc(OCCNC(=O)COCC(=O)NCCCO[C@H]2O[C@H](CO)[C@@H](O)[C@H](O)[C@@H]2O)c1. The number of aliphatic hydroxyl groups excluding tert-OH is 8. The van der Waals surface area contributed by atoms with Crippen LogP contribution in [0.15, 0.2) is 18.2 Å². The van der Waals surface area contributed by atoms with Crippen molar-refractivity contribution in [3.05, 3.63) is 23.8 Å². The lowest BCUT2D eigenvalue weighted by Crippen LogP contribution is -2.59. The molecule has 4 amide bonds. The van der Waals surface area contributed by atoms with Crippen LogP contribution in [0.5, 0.6) is 11.5 Å². The topological polar surface area (TPSA) is 378 Å². The molecule has 3 rings (SSSR count). The van der Waals surface area contributed by atoms with Gasteiger partial charge in [0, 0.05) is 19.2 Å². The maximum absolute atomic E-state index is 12.2. The molecule has 26 heteroatoms. The Kier molecular flexibility index (Phi) is 24.6. The highest BCUT2D eigenvalue weighted by Crippen LogP contribution is 2.25. The molecule has 64 heavy (non-hydrogen) atoms. The highest BCUT2D eigenvalue weighted by atomic mass is 16.7. The molecule has 12 N–H and O–H groups in total. The van der Waals surface area contributed by atoms with Crippen molar-refractivity contribution in [3.8, 4) is 11.5 Å². The molecule has 1 aromatic carbocycles. The van der Waals surface area contributed by atoms with E-state index in [1.54, 1.807) is 0 Å². The number of hydrogen-bond donors (Lipinski definition) is 12. The molecule has 2 heterocycles. The van der Waals surface area contributed by atoms with Gasteiger partial charge in [0.15, 0.2) is 12.6 Å². The molecular weight excluding hydrogens is 864 g/mol. The molecule has 26 nitrogen and oxygen atoms in total. The fourth-order valence-corrected chi connectivity index (χ4v) is 5.78. The average Bonchev–Trinajstić information content (AvgIpc) is 3.28. The predicted molar refractivity (Wildman–Crippen MR) is 211 cm³/mol. The largest absolute Gasteiger partial charge is 0.492 e. The number of methoxy groups -OCH3 is 1. The van der Waals surface area contributed by atoms with E-state index in [-0.39, 0.29) is 82.5 Å². The summed E-state index contributed by atoms with van der Waals surface area (Å²) in [6.07, 6.45) is -13.4. The number of aliphatic hydroxyl groups is 8. The highest BCUT2D eigenvalue weighted by molar-refractivity contribution is 5.90. The van der Waals surface area contributed by atoms with Crippen LogP contribution in [0.25, 0.3) is 0 Å². The monoisotopic (exact) mass is 924 g/mol. The van der Waals surface area contributed by atoms with Gasteiger partial charge in [0.2, 0.25) is 23.6 Å². The van der Waals surface area contributed by atoms with Crippen LogP contribution in [0, 0.1) is 0 Å². The van der Waals surface area contributed by atoms with Crippen molar-refractivity contribution >= 4 is 29.6 Å². The van der Waals surface area contributed by atoms with Crippen molar-refractivity contribution in [1.29, 1.82) is 0 Å². The Morgan fingerprint density at radius 3 is 1.27 bits per heavy atom. The number of benzene rings is 1. The van der Waals surface area contributed by atoms with Gasteiger partial charge < -0.3 is 105 Å². The third-order valence-corrected chi connectivity index (χ3v) is 9.17. The van der Waals surface area contributed by atoms with Crippen molar-refractivity contribution in [2.24, 2.45) is 0 Å². The molecule has 1 aromatic rings. The first-order valence-electron chi connectivity index (χ1n) is 20.2. The van der Waals surface area contributed by atoms with Gasteiger partial charge >= 0.3 is 5.97 Å². The lowest BCUT2D eigenvalue weighted by molar-refractivity contribution is -0.301. The first kappa shape index (κ1) is 53.9. The number of carbonyl (C=O) groups is 5. The molecule has 2 aliphatic rings. The summed E-state index contributed by atoms with van der Waals surface area (Å²) in [6.45, 7) is -2.59. The number of rotatable bonds is 29. The Morgan fingerprint density at radius 1 is 0.531 bits per heavy atom. The van der Waals surface area contributed by atoms with E-state index in [0.29, 0.717) is 0 Å². The number of ether oxygens (including phenoxy) is 9. The van der Waals surface area contributed by atoms with Crippen molar-refractivity contribution in [2.75, 3.05) is 99.4 Å². The van der Waals surface area contributed by atoms with Crippen LogP contribution in [0.4, 0.5) is 0 Å². The second-order valence-corrected chi connectivity index (χ2v) is 14.1. The van der Waals surface area contributed by atoms with Gasteiger partial charge in [-0.2, -0.15) is 0 Å². The molecule has 2 fully saturated rings. The maximum Gasteiger partial charge on any atom is 0.338 e. The molecular formula is C38H60N4O22. The van der Waals surface area contributed by atoms with Crippen molar-refractivity contribution in [2.45, 2.75) is 74.3 Å². The van der Waals surface area contributed by atoms with Crippen LogP contribution in [0.3, 0.4) is 0 Å². The Hall–Kier alpha value is -4.39. The molecule has 2 saturated heterocycles. The lowest BCUT2D eigenvalue weighted by atomic mass is 9.99. The first-order valence-corrected chi connectivity index (χ1v) is 20.2. The van der Waals surface area contributed by atoms with Gasteiger partial charge in [-0.1, -0.05) is 0 Å². The van der Waals surface area contributed by atoms with Crippen LogP contribution in [0.1, 0.15) is 23.2 Å². The Balaban J connectivity index is 1.23. The summed E-state index contributed by atoms with van der Waals surface area (Å²) in [5.74, 6) is -2.37. The van der Waals surface area contributed by atoms with E-state index in [0.717, 1.165) is 0 Å². The maximum atomic E-state index is 12.2. The van der Waals surface area contributed by atoms with Gasteiger partial charge in [-0.25, -0.2) is 4.79 Å². The second kappa shape index (κ2) is 29.2. The molecule has 0 spiro atoms. The third-order valence-electron chi connectivity index (χ3n) is 9.17. The zero-order chi connectivity index (χ0) is 47.0. The number of hydrogen-bond acceptors (Lipinski definition) is 22. The molecule has 2 aliphatic heterocycles. The third kappa shape index (κ3) is 18.6. The van der Waals surface area contributed by atoms with Crippen molar-refractivity contribution in [3.63, 3.8) is 0 Å². The minimum atomic E-state index is -1.57. The molecule has 0 saturated carbocycles. The van der Waals surface area contributed by atoms with Gasteiger partial charge in [-0.15, -0.1) is 0 Å². The molecule has 0 aromatic heterocycles. The molecule has 0 aliphatic carbocycles. The summed E-state index contributed by atoms with van der Waals surface area (Å²) < 4.78 is 47.5. The minimum absolute atomic E-state index is 0.00455. The van der Waals surface area contributed by atoms with Gasteiger partial charge in [0.05, 0.1) is 52.2 Å². The quantitative estimate of drug-likeness (QED) is 0.0262. The summed E-state index contributed by atoms with van der Waals surface area (Å²) in [5, 5.41) is 87.9. The van der Waals surface area contributed by atoms with Crippen molar-refractivity contribution in [1.82, 2.24) is 21.3 Å². The summed E-state index contributed by atoms with van der Waals surface area (Å²) in [6, 6.07) is 4.27. The summed E-state index contributed by atoms with van der Waals surface area (Å²) in [7, 11) is 1.19. The number of amides is 4. The standard InChI is InChI=1S/C38H60N4O22/c1-56-36(55)21-12-22(59-10-6-41-28(47)19-57-17-26(45)39-4-2-8-61-37-34(53)32(51)30(49)24(15-43)63-37)14-23(13-21)60-11-7-42-29(48)20-58-18-27(46)40-5-3-9-62-38-35(54)33(52)31(50)25(16-44)64-38/h12-14,24-25,30-35,37-38,43-44,49-54H,2-11,15-20H2,1H3,(H,39,45)(H,40,46)(H,41,47)(H,42,48)/t24-,25-,30-,31-,32+,33+,34+,35+,37+,38+/m1/s1. The number of carbonyl (C=O) groups excluding carboxylic acids is 5. The van der Waals surface area contributed by atoms with E-state index in [9.17, 15) is 64.8 Å². The van der Waals surface area contributed by atoms with E-state index >= 15 is 0 Å². The Morgan fingerprint density at radius 2 is 0.906 bits per heavy atom. The highest BCUT2D eigenvalue weighted by Gasteiger charge is 2.45. The second-order valence-electron chi connectivity index (χ2n) is 14.1. The normalized spacial score (nSPS) is 25.5. The molecule has 364 valence electrons. The summed E-state index contributed by atoms with van der Waals surface area (Å²) in [4.78, 5) is 60.6. The van der Waals surface area contributed by atoms with Gasteiger partial charge in [-0.3, -0.25) is 19.2 Å². The molecule has 0 unspecified atom stereocenters. The van der Waals surface area contributed by atoms with E-state index < -0.39 is 131 Å². The van der Waals surface area contributed by atoms with Crippen LogP contribution in [-0.4, -0.2) is 231 Å². The number of nitrogens with one attached hydrogen (secondary N) is 4. The first-order chi connectivity index (χ1) is 30.7. The zero-order valence-electron chi connectivity index (χ0n) is 35.1. The van der Waals surface area contributed by atoms with Crippen LogP contribution in [0.2, 0.25) is 0 Å². The van der Waals surface area contributed by atoms with Crippen LogP contribution in [-0.2, 0) is 52.3 Å². The van der Waals surface area contributed by atoms with E-state index in [2.05, 4.69) is 21.3 Å². The van der Waals surface area contributed by atoms with Gasteiger partial charge in [0.1, 0.15) is 100.0 Å². The molecule has 0 radical (unpaired) electrons. The molecule has 10 atom stereocenters. The Bertz CT molecular complexity index is 1490. The average molecular weight is 925 g/mol.